The Morgan fingerprint density at radius 3 is 2.31 bits per heavy atom. The van der Waals surface area contributed by atoms with Crippen molar-refractivity contribution < 1.29 is 8.81 Å². The number of hydrogen-bond acceptors (Lipinski definition) is 5. The van der Waals surface area contributed by atoms with Crippen LogP contribution in [-0.2, 0) is 0 Å². The Morgan fingerprint density at radius 2 is 1.62 bits per heavy atom. The molecule has 2 aromatic carbocycles. The molecule has 0 bridgehead atoms. The first-order valence-electron chi connectivity index (χ1n) is 8.84. The molecule has 1 unspecified atom stereocenters. The summed E-state index contributed by atoms with van der Waals surface area (Å²) in [5.74, 6) is 0.989. The lowest BCUT2D eigenvalue weighted by molar-refractivity contribution is 0.174. The van der Waals surface area contributed by atoms with Gasteiger partial charge in [0.2, 0.25) is 11.8 Å². The van der Waals surface area contributed by atoms with Gasteiger partial charge in [0.15, 0.2) is 0 Å². The second-order valence-corrected chi connectivity index (χ2v) is 6.49. The fraction of sp³-hybridized carbons (Fsp3) is 0.300. The molecular formula is C20H21FN4O. The summed E-state index contributed by atoms with van der Waals surface area (Å²) in [5, 5.41) is 8.42. The van der Waals surface area contributed by atoms with Gasteiger partial charge in [0.05, 0.1) is 6.04 Å². The summed E-state index contributed by atoms with van der Waals surface area (Å²) in [4.78, 5) is 4.61. The topological polar surface area (TPSA) is 45.4 Å². The predicted molar refractivity (Wildman–Crippen MR) is 98.3 cm³/mol. The summed E-state index contributed by atoms with van der Waals surface area (Å²) in [7, 11) is 0. The zero-order valence-electron chi connectivity index (χ0n) is 14.7. The monoisotopic (exact) mass is 352 g/mol. The fourth-order valence-corrected chi connectivity index (χ4v) is 3.28. The molecule has 5 nitrogen and oxygen atoms in total. The highest BCUT2D eigenvalue weighted by Gasteiger charge is 2.26. The summed E-state index contributed by atoms with van der Waals surface area (Å²) in [6.07, 6.45) is 0. The molecule has 6 heteroatoms. The maximum atomic E-state index is 13.1. The van der Waals surface area contributed by atoms with Crippen molar-refractivity contribution in [3.05, 3.63) is 66.3 Å². The van der Waals surface area contributed by atoms with Crippen LogP contribution in [0.1, 0.15) is 18.9 Å². The lowest BCUT2D eigenvalue weighted by Gasteiger charge is -2.38. The van der Waals surface area contributed by atoms with Crippen LogP contribution in [0, 0.1) is 5.82 Å². The Labute approximate surface area is 152 Å². The molecule has 1 aliphatic heterocycles. The Kier molecular flexibility index (Phi) is 4.67. The number of rotatable bonds is 4. The van der Waals surface area contributed by atoms with E-state index < -0.39 is 0 Å². The summed E-state index contributed by atoms with van der Waals surface area (Å²) in [5.41, 5.74) is 1.99. The zero-order chi connectivity index (χ0) is 17.9. The minimum absolute atomic E-state index is 0.0651. The van der Waals surface area contributed by atoms with Crippen molar-refractivity contribution in [2.24, 2.45) is 0 Å². The molecule has 0 spiro atoms. The van der Waals surface area contributed by atoms with Gasteiger partial charge in [-0.3, -0.25) is 4.90 Å². The number of benzene rings is 2. The van der Waals surface area contributed by atoms with E-state index in [1.165, 1.54) is 12.1 Å². The number of nitrogens with zero attached hydrogens (tertiary/aromatic N) is 4. The highest BCUT2D eigenvalue weighted by atomic mass is 19.1. The molecular weight excluding hydrogens is 331 g/mol. The first kappa shape index (κ1) is 16.7. The molecule has 4 rings (SSSR count). The van der Waals surface area contributed by atoms with E-state index in [4.69, 9.17) is 4.42 Å². The van der Waals surface area contributed by atoms with Gasteiger partial charge in [0.1, 0.15) is 5.82 Å². The van der Waals surface area contributed by atoms with Gasteiger partial charge in [-0.15, -0.1) is 10.2 Å². The van der Waals surface area contributed by atoms with Crippen molar-refractivity contribution in [2.45, 2.75) is 13.0 Å². The molecule has 1 atom stereocenters. The fourth-order valence-electron chi connectivity index (χ4n) is 3.28. The number of hydrogen-bond donors (Lipinski definition) is 0. The van der Waals surface area contributed by atoms with Crippen LogP contribution in [0.25, 0.3) is 11.5 Å². The SMILES string of the molecule is CC(c1nnc(-c2ccccc2)o1)N1CCN(c2ccc(F)cc2)CC1. The van der Waals surface area contributed by atoms with Gasteiger partial charge in [0.25, 0.3) is 0 Å². The van der Waals surface area contributed by atoms with Crippen molar-refractivity contribution in [1.82, 2.24) is 15.1 Å². The van der Waals surface area contributed by atoms with Crippen molar-refractivity contribution >= 4 is 5.69 Å². The van der Waals surface area contributed by atoms with E-state index in [0.29, 0.717) is 11.8 Å². The van der Waals surface area contributed by atoms with E-state index in [1.807, 2.05) is 42.5 Å². The Balaban J connectivity index is 1.40. The van der Waals surface area contributed by atoms with Crippen molar-refractivity contribution in [3.8, 4) is 11.5 Å². The van der Waals surface area contributed by atoms with Crippen LogP contribution in [0.5, 0.6) is 0 Å². The summed E-state index contributed by atoms with van der Waals surface area (Å²) >= 11 is 0. The first-order valence-corrected chi connectivity index (χ1v) is 8.84. The quantitative estimate of drug-likeness (QED) is 0.715. The molecule has 1 aliphatic rings. The van der Waals surface area contributed by atoms with Crippen molar-refractivity contribution in [2.75, 3.05) is 31.1 Å². The molecule has 1 aromatic heterocycles. The average molecular weight is 352 g/mol. The third kappa shape index (κ3) is 3.46. The molecule has 26 heavy (non-hydrogen) atoms. The minimum atomic E-state index is -0.202. The molecule has 134 valence electrons. The molecule has 1 fully saturated rings. The van der Waals surface area contributed by atoms with E-state index in [2.05, 4.69) is 26.9 Å². The first-order chi connectivity index (χ1) is 12.7. The smallest absolute Gasteiger partial charge is 0.247 e. The van der Waals surface area contributed by atoms with E-state index in [-0.39, 0.29) is 11.9 Å². The molecule has 0 radical (unpaired) electrons. The predicted octanol–water partition coefficient (Wildman–Crippen LogP) is 3.76. The molecule has 2 heterocycles. The van der Waals surface area contributed by atoms with Crippen LogP contribution in [0.2, 0.25) is 0 Å². The van der Waals surface area contributed by atoms with Crippen LogP contribution in [-0.4, -0.2) is 41.3 Å². The van der Waals surface area contributed by atoms with Gasteiger partial charge >= 0.3 is 0 Å². The number of piperazine rings is 1. The third-order valence-corrected chi connectivity index (χ3v) is 4.87. The van der Waals surface area contributed by atoms with E-state index in [0.717, 1.165) is 37.4 Å². The summed E-state index contributed by atoms with van der Waals surface area (Å²) in [6.45, 7) is 5.64. The Hall–Kier alpha value is -2.73. The second kappa shape index (κ2) is 7.25. The third-order valence-electron chi connectivity index (χ3n) is 4.87. The van der Waals surface area contributed by atoms with E-state index in [1.54, 1.807) is 0 Å². The second-order valence-electron chi connectivity index (χ2n) is 6.49. The molecule has 1 saturated heterocycles. The number of anilines is 1. The zero-order valence-corrected chi connectivity index (χ0v) is 14.7. The Bertz CT molecular complexity index is 842. The van der Waals surface area contributed by atoms with Crippen LogP contribution in [0.3, 0.4) is 0 Å². The highest BCUT2D eigenvalue weighted by molar-refractivity contribution is 5.51. The van der Waals surface area contributed by atoms with Crippen LogP contribution < -0.4 is 4.90 Å². The normalized spacial score (nSPS) is 16.6. The summed E-state index contributed by atoms with van der Waals surface area (Å²) < 4.78 is 19.0. The molecule has 3 aromatic rings. The number of halogens is 1. The lowest BCUT2D eigenvalue weighted by Crippen LogP contribution is -2.47. The molecule has 0 aliphatic carbocycles. The van der Waals surface area contributed by atoms with E-state index in [9.17, 15) is 4.39 Å². The standard InChI is InChI=1S/C20H21FN4O/c1-15(19-22-23-20(26-19)16-5-3-2-4-6-16)24-11-13-25(14-12-24)18-9-7-17(21)8-10-18/h2-10,15H,11-14H2,1H3. The van der Waals surface area contributed by atoms with Crippen molar-refractivity contribution in [3.63, 3.8) is 0 Å². The van der Waals surface area contributed by atoms with Gasteiger partial charge in [-0.05, 0) is 43.3 Å². The van der Waals surface area contributed by atoms with Gasteiger partial charge < -0.3 is 9.32 Å². The average Bonchev–Trinajstić information content (AvgIpc) is 3.19. The number of aromatic nitrogens is 2. The molecule has 0 N–H and O–H groups in total. The molecule has 0 amide bonds. The van der Waals surface area contributed by atoms with Crippen LogP contribution >= 0.6 is 0 Å². The lowest BCUT2D eigenvalue weighted by atomic mass is 10.2. The van der Waals surface area contributed by atoms with Crippen molar-refractivity contribution in [1.29, 1.82) is 0 Å². The van der Waals surface area contributed by atoms with Gasteiger partial charge in [0, 0.05) is 37.4 Å². The Morgan fingerprint density at radius 1 is 0.923 bits per heavy atom. The molecule has 0 saturated carbocycles. The largest absolute Gasteiger partial charge is 0.419 e. The van der Waals surface area contributed by atoms with Gasteiger partial charge in [-0.25, -0.2) is 4.39 Å². The summed E-state index contributed by atoms with van der Waals surface area (Å²) in [6, 6.07) is 16.5. The maximum Gasteiger partial charge on any atom is 0.247 e. The van der Waals surface area contributed by atoms with Crippen LogP contribution in [0.15, 0.2) is 59.0 Å². The van der Waals surface area contributed by atoms with E-state index >= 15 is 0 Å². The highest BCUT2D eigenvalue weighted by Crippen LogP contribution is 2.26. The maximum absolute atomic E-state index is 13.1. The minimum Gasteiger partial charge on any atom is -0.419 e. The van der Waals surface area contributed by atoms with Gasteiger partial charge in [-0.1, -0.05) is 18.2 Å². The van der Waals surface area contributed by atoms with Gasteiger partial charge in [-0.2, -0.15) is 0 Å². The van der Waals surface area contributed by atoms with Crippen LogP contribution in [0.4, 0.5) is 10.1 Å².